The number of carbonyl (C=O) groups excluding carboxylic acids is 1. The predicted molar refractivity (Wildman–Crippen MR) is 170 cm³/mol. The lowest BCUT2D eigenvalue weighted by Gasteiger charge is -2.25. The number of nitrogens with one attached hydrogen (secondary N) is 1. The van der Waals surface area contributed by atoms with Gasteiger partial charge in [-0.15, -0.1) is 0 Å². The standard InChI is InChI=1S/C33H34N2O5S2/c1-24-11-9-10-14-26(21-24)30-22-28(17-18-29(30)32(36)34-31(33(37)38)19-20-41-2)42(39,40)35(27-15-7-4-8-16-27)23-25-12-5-3-6-13-25/h3-18,22,31H,19-21,23H2,1-2H3,(H,34,36)(H,37,38). The Morgan fingerprint density at radius 2 is 1.64 bits per heavy atom. The molecular formula is C33H34N2O5S2. The molecule has 1 amide bonds. The van der Waals surface area contributed by atoms with E-state index in [0.717, 1.165) is 16.7 Å². The molecule has 0 spiro atoms. The number of carboxylic acid groups (broad SMARTS) is 1. The number of carboxylic acids is 1. The topological polar surface area (TPSA) is 104 Å². The molecule has 0 saturated heterocycles. The molecule has 1 aliphatic rings. The van der Waals surface area contributed by atoms with Gasteiger partial charge in [0.05, 0.1) is 17.1 Å². The van der Waals surface area contributed by atoms with Crippen LogP contribution >= 0.6 is 11.8 Å². The van der Waals surface area contributed by atoms with Gasteiger partial charge in [0, 0.05) is 5.56 Å². The molecule has 2 N–H and O–H groups in total. The normalized spacial score (nSPS) is 13.9. The summed E-state index contributed by atoms with van der Waals surface area (Å²) in [7, 11) is -4.08. The average molecular weight is 603 g/mol. The lowest BCUT2D eigenvalue weighted by molar-refractivity contribution is -0.139. The third-order valence-electron chi connectivity index (χ3n) is 6.86. The second-order valence-electron chi connectivity index (χ2n) is 9.95. The fraction of sp³-hybridized carbons (Fsp3) is 0.212. The minimum atomic E-state index is -4.08. The van der Waals surface area contributed by atoms with Crippen molar-refractivity contribution in [3.8, 4) is 0 Å². The van der Waals surface area contributed by atoms with Crippen LogP contribution in [0, 0.1) is 0 Å². The number of rotatable bonds is 12. The summed E-state index contributed by atoms with van der Waals surface area (Å²) < 4.78 is 29.9. The summed E-state index contributed by atoms with van der Waals surface area (Å²) in [5.41, 5.74) is 3.78. The van der Waals surface area contributed by atoms with E-state index in [0.29, 0.717) is 23.4 Å². The van der Waals surface area contributed by atoms with Gasteiger partial charge in [-0.05, 0) is 78.8 Å². The van der Waals surface area contributed by atoms with Crippen LogP contribution in [0.25, 0.3) is 5.57 Å². The van der Waals surface area contributed by atoms with E-state index < -0.39 is 27.9 Å². The van der Waals surface area contributed by atoms with Crippen molar-refractivity contribution in [1.82, 2.24) is 5.32 Å². The van der Waals surface area contributed by atoms with Crippen LogP contribution < -0.4 is 9.62 Å². The van der Waals surface area contributed by atoms with Crippen LogP contribution in [0.4, 0.5) is 5.69 Å². The highest BCUT2D eigenvalue weighted by atomic mass is 32.2. The van der Waals surface area contributed by atoms with Gasteiger partial charge in [-0.25, -0.2) is 13.2 Å². The van der Waals surface area contributed by atoms with Crippen molar-refractivity contribution in [3.05, 3.63) is 125 Å². The lowest BCUT2D eigenvalue weighted by Crippen LogP contribution is -2.41. The Hall–Kier alpha value is -4.08. The molecule has 0 aliphatic heterocycles. The molecule has 1 unspecified atom stereocenters. The number of sulfonamides is 1. The first-order chi connectivity index (χ1) is 20.2. The fourth-order valence-electron chi connectivity index (χ4n) is 4.66. The van der Waals surface area contributed by atoms with Crippen LogP contribution in [0.3, 0.4) is 0 Å². The van der Waals surface area contributed by atoms with Crippen molar-refractivity contribution in [2.24, 2.45) is 0 Å². The molecule has 0 saturated carbocycles. The highest BCUT2D eigenvalue weighted by Gasteiger charge is 2.29. The smallest absolute Gasteiger partial charge is 0.326 e. The van der Waals surface area contributed by atoms with E-state index in [1.54, 1.807) is 24.3 Å². The van der Waals surface area contributed by atoms with Crippen molar-refractivity contribution in [2.45, 2.75) is 37.2 Å². The molecule has 1 atom stereocenters. The summed E-state index contributed by atoms with van der Waals surface area (Å²) in [6.45, 7) is 2.08. The minimum Gasteiger partial charge on any atom is -0.480 e. The number of para-hydroxylation sites is 1. The van der Waals surface area contributed by atoms with Crippen molar-refractivity contribution in [1.29, 1.82) is 0 Å². The van der Waals surface area contributed by atoms with E-state index in [1.165, 1.54) is 34.3 Å². The third kappa shape index (κ3) is 7.60. The van der Waals surface area contributed by atoms with Crippen LogP contribution in [-0.2, 0) is 21.4 Å². The monoisotopic (exact) mass is 602 g/mol. The van der Waals surface area contributed by atoms with E-state index in [9.17, 15) is 23.1 Å². The molecule has 0 radical (unpaired) electrons. The maximum absolute atomic E-state index is 14.3. The SMILES string of the molecule is CSCCC(NC(=O)c1ccc(S(=O)(=O)N(Cc2ccccc2)c2ccccc2)cc1C1=CC=CC=C(C)C1)C(=O)O. The van der Waals surface area contributed by atoms with Gasteiger partial charge < -0.3 is 10.4 Å². The molecular weight excluding hydrogens is 569 g/mol. The predicted octanol–water partition coefficient (Wildman–Crippen LogP) is 6.31. The number of hydrogen-bond donors (Lipinski definition) is 2. The maximum Gasteiger partial charge on any atom is 0.326 e. The first-order valence-corrected chi connectivity index (χ1v) is 16.4. The Morgan fingerprint density at radius 1 is 0.976 bits per heavy atom. The van der Waals surface area contributed by atoms with E-state index in [1.807, 2.05) is 73.9 Å². The third-order valence-corrected chi connectivity index (χ3v) is 9.27. The van der Waals surface area contributed by atoms with Crippen LogP contribution in [0.15, 0.2) is 114 Å². The van der Waals surface area contributed by atoms with Crippen molar-refractivity contribution < 1.29 is 23.1 Å². The fourth-order valence-corrected chi connectivity index (χ4v) is 6.61. The number of anilines is 1. The summed E-state index contributed by atoms with van der Waals surface area (Å²) in [5.74, 6) is -1.12. The molecule has 3 aromatic rings. The quantitative estimate of drug-likeness (QED) is 0.252. The first kappa shape index (κ1) is 30.9. The number of carbonyl (C=O) groups is 2. The second kappa shape index (κ2) is 14.2. The molecule has 1 aliphatic carbocycles. The summed E-state index contributed by atoms with van der Waals surface area (Å²) in [6, 6.07) is 21.6. The Balaban J connectivity index is 1.81. The van der Waals surface area contributed by atoms with Gasteiger partial charge in [0.2, 0.25) is 0 Å². The number of allylic oxidation sites excluding steroid dienone is 6. The number of hydrogen-bond acceptors (Lipinski definition) is 5. The van der Waals surface area contributed by atoms with Crippen molar-refractivity contribution in [2.75, 3.05) is 16.3 Å². The second-order valence-corrected chi connectivity index (χ2v) is 12.8. The summed E-state index contributed by atoms with van der Waals surface area (Å²) in [5, 5.41) is 12.3. The largest absolute Gasteiger partial charge is 0.480 e. The molecule has 0 bridgehead atoms. The van der Waals surface area contributed by atoms with Crippen LogP contribution in [0.2, 0.25) is 0 Å². The summed E-state index contributed by atoms with van der Waals surface area (Å²) in [6.07, 6.45) is 10.2. The lowest BCUT2D eigenvalue weighted by atomic mass is 9.94. The van der Waals surface area contributed by atoms with Gasteiger partial charge >= 0.3 is 5.97 Å². The molecule has 7 nitrogen and oxygen atoms in total. The molecule has 0 fully saturated rings. The summed E-state index contributed by atoms with van der Waals surface area (Å²) in [4.78, 5) is 25.4. The highest BCUT2D eigenvalue weighted by Crippen LogP contribution is 2.32. The first-order valence-electron chi connectivity index (χ1n) is 13.5. The van der Waals surface area contributed by atoms with Gasteiger partial charge in [0.25, 0.3) is 15.9 Å². The zero-order valence-corrected chi connectivity index (χ0v) is 25.2. The van der Waals surface area contributed by atoms with Crippen LogP contribution in [-0.4, -0.2) is 43.5 Å². The highest BCUT2D eigenvalue weighted by molar-refractivity contribution is 7.98. The van der Waals surface area contributed by atoms with E-state index >= 15 is 0 Å². The zero-order chi connectivity index (χ0) is 30.1. The molecule has 0 heterocycles. The van der Waals surface area contributed by atoms with Crippen LogP contribution in [0.5, 0.6) is 0 Å². The van der Waals surface area contributed by atoms with Gasteiger partial charge in [-0.1, -0.05) is 78.4 Å². The van der Waals surface area contributed by atoms with Gasteiger partial charge in [0.15, 0.2) is 0 Å². The molecule has 9 heteroatoms. The van der Waals surface area contributed by atoms with Gasteiger partial charge in [-0.2, -0.15) is 11.8 Å². The molecule has 3 aromatic carbocycles. The van der Waals surface area contributed by atoms with Crippen molar-refractivity contribution >= 4 is 44.9 Å². The Bertz CT molecular complexity index is 1610. The average Bonchev–Trinajstić information content (AvgIpc) is 3.22. The summed E-state index contributed by atoms with van der Waals surface area (Å²) >= 11 is 1.50. The van der Waals surface area contributed by atoms with Crippen LogP contribution in [0.1, 0.15) is 41.3 Å². The zero-order valence-electron chi connectivity index (χ0n) is 23.6. The number of thioether (sulfide) groups is 1. The Kier molecular flexibility index (Phi) is 10.4. The van der Waals surface area contributed by atoms with E-state index in [4.69, 9.17) is 0 Å². The van der Waals surface area contributed by atoms with E-state index in [-0.39, 0.29) is 23.4 Å². The number of benzene rings is 3. The minimum absolute atomic E-state index is 0.0294. The molecule has 4 rings (SSSR count). The Morgan fingerprint density at radius 3 is 2.31 bits per heavy atom. The Labute approximate surface area is 251 Å². The van der Waals surface area contributed by atoms with Gasteiger partial charge in [-0.3, -0.25) is 9.10 Å². The molecule has 218 valence electrons. The number of amides is 1. The number of aliphatic carboxylic acids is 1. The molecule has 0 aromatic heterocycles. The van der Waals surface area contributed by atoms with Crippen molar-refractivity contribution in [3.63, 3.8) is 0 Å². The maximum atomic E-state index is 14.3. The van der Waals surface area contributed by atoms with E-state index in [2.05, 4.69) is 5.32 Å². The number of nitrogens with zero attached hydrogens (tertiary/aromatic N) is 1. The molecule has 42 heavy (non-hydrogen) atoms. The van der Waals surface area contributed by atoms with Gasteiger partial charge in [0.1, 0.15) is 6.04 Å².